The van der Waals surface area contributed by atoms with Crippen LogP contribution in [0.2, 0.25) is 0 Å². The number of halogens is 1. The average Bonchev–Trinajstić information content (AvgIpc) is 2.91. The van der Waals surface area contributed by atoms with Crippen LogP contribution >= 0.6 is 12.4 Å². The lowest BCUT2D eigenvalue weighted by Gasteiger charge is -2.33. The Morgan fingerprint density at radius 2 is 1.90 bits per heavy atom. The van der Waals surface area contributed by atoms with Crippen LogP contribution in [0.25, 0.3) is 0 Å². The molecule has 3 unspecified atom stereocenters. The average molecular weight is 573 g/mol. The van der Waals surface area contributed by atoms with Gasteiger partial charge in [0.05, 0.1) is 36.0 Å². The van der Waals surface area contributed by atoms with Crippen LogP contribution in [0, 0.1) is 16.0 Å². The Balaban J connectivity index is 0.00000560. The van der Waals surface area contributed by atoms with Crippen LogP contribution in [0.15, 0.2) is 76.7 Å². The van der Waals surface area contributed by atoms with E-state index >= 15 is 0 Å². The fourth-order valence-corrected chi connectivity index (χ4v) is 4.56. The monoisotopic (exact) mass is 572 g/mol. The Bertz CT molecular complexity index is 1330. The highest BCUT2D eigenvalue weighted by Crippen LogP contribution is 2.40. The van der Waals surface area contributed by atoms with Crippen LogP contribution in [-0.4, -0.2) is 68.2 Å². The summed E-state index contributed by atoms with van der Waals surface area (Å²) in [6, 6.07) is 5.78. The zero-order valence-electron chi connectivity index (χ0n) is 22.9. The SMILES string of the molecule is COC(=O)C1=C(C)NC(C)=C(C(=O)NC(OCCN(C)C)C2C=CC=CC2=C=O)C1c1cccc([N+](=O)[O-])c1.Cl. The smallest absolute Gasteiger partial charge is 0.336 e. The van der Waals surface area contributed by atoms with E-state index in [1.165, 1.54) is 25.3 Å². The number of carbonyl (C=O) groups excluding carboxylic acids is 3. The lowest BCUT2D eigenvalue weighted by molar-refractivity contribution is -0.384. The van der Waals surface area contributed by atoms with Gasteiger partial charge in [0.1, 0.15) is 12.2 Å². The maximum absolute atomic E-state index is 14.0. The highest BCUT2D eigenvalue weighted by atomic mass is 35.5. The summed E-state index contributed by atoms with van der Waals surface area (Å²) in [6.45, 7) is 4.17. The summed E-state index contributed by atoms with van der Waals surface area (Å²) in [5.41, 5.74) is 1.71. The summed E-state index contributed by atoms with van der Waals surface area (Å²) in [5, 5.41) is 17.5. The van der Waals surface area contributed by atoms with E-state index in [1.54, 1.807) is 44.2 Å². The maximum atomic E-state index is 14.0. The molecule has 3 atom stereocenters. The van der Waals surface area contributed by atoms with Crippen molar-refractivity contribution in [1.82, 2.24) is 15.5 Å². The minimum absolute atomic E-state index is 0. The molecule has 2 N–H and O–H groups in total. The van der Waals surface area contributed by atoms with Crippen LogP contribution in [0.5, 0.6) is 0 Å². The number of nitrogens with zero attached hydrogens (tertiary/aromatic N) is 2. The van der Waals surface area contributed by atoms with Crippen LogP contribution in [0.3, 0.4) is 0 Å². The molecule has 0 saturated heterocycles. The van der Waals surface area contributed by atoms with Gasteiger partial charge in [-0.05, 0) is 39.6 Å². The van der Waals surface area contributed by atoms with Gasteiger partial charge < -0.3 is 25.0 Å². The number of allylic oxidation sites excluding steroid dienone is 5. The van der Waals surface area contributed by atoms with Gasteiger partial charge in [-0.1, -0.05) is 30.4 Å². The summed E-state index contributed by atoms with van der Waals surface area (Å²) >= 11 is 0. The second-order valence-corrected chi connectivity index (χ2v) is 9.37. The summed E-state index contributed by atoms with van der Waals surface area (Å²) in [7, 11) is 4.99. The fourth-order valence-electron chi connectivity index (χ4n) is 4.56. The molecular formula is C28H33ClN4O7. The summed E-state index contributed by atoms with van der Waals surface area (Å²) in [6.07, 6.45) is 5.85. The first-order chi connectivity index (χ1) is 18.6. The molecule has 3 rings (SSSR count). The number of nitro groups is 1. The van der Waals surface area contributed by atoms with E-state index in [0.29, 0.717) is 29.1 Å². The molecule has 0 saturated carbocycles. The van der Waals surface area contributed by atoms with E-state index in [2.05, 4.69) is 10.6 Å². The fraction of sp³-hybridized carbons (Fsp3) is 0.357. The van der Waals surface area contributed by atoms with Crippen molar-refractivity contribution in [3.63, 3.8) is 0 Å². The number of non-ortho nitro benzene ring substituents is 1. The number of benzene rings is 1. The van der Waals surface area contributed by atoms with Crippen LogP contribution in [-0.2, 0) is 23.9 Å². The van der Waals surface area contributed by atoms with Crippen molar-refractivity contribution in [2.75, 3.05) is 34.4 Å². The molecule has 1 heterocycles. The number of carbonyl (C=O) groups is 2. The molecule has 1 aromatic carbocycles. The van der Waals surface area contributed by atoms with Gasteiger partial charge in [-0.15, -0.1) is 12.4 Å². The van der Waals surface area contributed by atoms with Crippen LogP contribution < -0.4 is 10.6 Å². The van der Waals surface area contributed by atoms with Gasteiger partial charge >= 0.3 is 5.97 Å². The second-order valence-electron chi connectivity index (χ2n) is 9.37. The van der Waals surface area contributed by atoms with Gasteiger partial charge in [-0.2, -0.15) is 0 Å². The Morgan fingerprint density at radius 3 is 2.52 bits per heavy atom. The third-order valence-electron chi connectivity index (χ3n) is 6.44. The van der Waals surface area contributed by atoms with Crippen molar-refractivity contribution in [3.8, 4) is 0 Å². The number of methoxy groups -OCH3 is 1. The van der Waals surface area contributed by atoms with Gasteiger partial charge in [0.25, 0.3) is 11.6 Å². The topological polar surface area (TPSA) is 140 Å². The third-order valence-corrected chi connectivity index (χ3v) is 6.44. The number of rotatable bonds is 10. The molecule has 2 aliphatic rings. The van der Waals surface area contributed by atoms with E-state index in [-0.39, 0.29) is 35.8 Å². The molecule has 11 nitrogen and oxygen atoms in total. The minimum Gasteiger partial charge on any atom is -0.466 e. The quantitative estimate of drug-likeness (QED) is 0.142. The van der Waals surface area contributed by atoms with Crippen molar-refractivity contribution in [2.45, 2.75) is 26.0 Å². The Hall–Kier alpha value is -4.02. The number of nitrogens with one attached hydrogen (secondary N) is 2. The lowest BCUT2D eigenvalue weighted by atomic mass is 9.79. The van der Waals surface area contributed by atoms with Crippen molar-refractivity contribution in [2.24, 2.45) is 5.92 Å². The molecule has 0 bridgehead atoms. The molecule has 0 radical (unpaired) electrons. The van der Waals surface area contributed by atoms with E-state index in [4.69, 9.17) is 9.47 Å². The molecule has 1 aliphatic heterocycles. The zero-order chi connectivity index (χ0) is 28.7. The summed E-state index contributed by atoms with van der Waals surface area (Å²) in [5.74, 6) is -0.920. The second kappa shape index (κ2) is 14.4. The lowest BCUT2D eigenvalue weighted by Crippen LogP contribution is -2.46. The van der Waals surface area contributed by atoms with E-state index in [9.17, 15) is 24.5 Å². The van der Waals surface area contributed by atoms with Gasteiger partial charge in [0.15, 0.2) is 0 Å². The largest absolute Gasteiger partial charge is 0.466 e. The van der Waals surface area contributed by atoms with E-state index < -0.39 is 34.9 Å². The third kappa shape index (κ3) is 7.34. The molecule has 0 aromatic heterocycles. The normalized spacial score (nSPS) is 19.0. The van der Waals surface area contributed by atoms with E-state index in [1.807, 2.05) is 24.9 Å². The highest BCUT2D eigenvalue weighted by molar-refractivity contribution is 6.02. The first-order valence-corrected chi connectivity index (χ1v) is 12.3. The molecule has 214 valence electrons. The molecule has 0 fully saturated rings. The molecule has 40 heavy (non-hydrogen) atoms. The number of nitro benzene ring substituents is 1. The Morgan fingerprint density at radius 1 is 1.20 bits per heavy atom. The molecule has 1 aromatic rings. The minimum atomic E-state index is -0.969. The molecule has 12 heteroatoms. The number of dihydropyridines is 1. The standard InChI is InChI=1S/C28H32N4O7.ClH/c1-17-23(26(34)30-27(39-14-13-31(3)4)22-12-7-6-9-20(22)16-33)25(24(18(2)29-17)28(35)38-5)19-10-8-11-21(15-19)32(36)37;/h6-12,15,22,25,27,29H,13-14H2,1-5H3,(H,30,34);1H. The van der Waals surface area contributed by atoms with Gasteiger partial charge in [0, 0.05) is 41.2 Å². The number of ether oxygens (including phenoxy) is 2. The van der Waals surface area contributed by atoms with E-state index in [0.717, 1.165) is 0 Å². The van der Waals surface area contributed by atoms with Crippen LogP contribution in [0.1, 0.15) is 25.3 Å². The molecular weight excluding hydrogens is 540 g/mol. The predicted octanol–water partition coefficient (Wildman–Crippen LogP) is 2.95. The molecule has 1 aliphatic carbocycles. The molecule has 1 amide bonds. The number of hydrogen-bond acceptors (Lipinski definition) is 9. The number of hydrogen-bond donors (Lipinski definition) is 2. The maximum Gasteiger partial charge on any atom is 0.336 e. The van der Waals surface area contributed by atoms with Gasteiger partial charge in [-0.3, -0.25) is 14.9 Å². The summed E-state index contributed by atoms with van der Waals surface area (Å²) < 4.78 is 11.1. The zero-order valence-corrected chi connectivity index (χ0v) is 23.7. The van der Waals surface area contributed by atoms with Crippen molar-refractivity contribution in [1.29, 1.82) is 0 Å². The first kappa shape index (κ1) is 32.2. The number of esters is 1. The molecule has 0 spiro atoms. The van der Waals surface area contributed by atoms with Crippen molar-refractivity contribution < 1.29 is 28.8 Å². The van der Waals surface area contributed by atoms with Gasteiger partial charge in [-0.25, -0.2) is 9.59 Å². The Kier molecular flexibility index (Phi) is 11.6. The number of amides is 1. The van der Waals surface area contributed by atoms with Crippen molar-refractivity contribution in [3.05, 3.63) is 92.4 Å². The van der Waals surface area contributed by atoms with Gasteiger partial charge in [0.2, 0.25) is 0 Å². The first-order valence-electron chi connectivity index (χ1n) is 12.3. The summed E-state index contributed by atoms with van der Waals surface area (Å²) in [4.78, 5) is 51.4. The highest BCUT2D eigenvalue weighted by Gasteiger charge is 2.39. The Labute approximate surface area is 238 Å². The van der Waals surface area contributed by atoms with Crippen LogP contribution in [0.4, 0.5) is 5.69 Å². The number of likely N-dealkylation sites (N-methyl/N-ethyl adjacent to an activating group) is 1. The van der Waals surface area contributed by atoms with Crippen molar-refractivity contribution >= 4 is 35.9 Å². The predicted molar refractivity (Wildman–Crippen MR) is 151 cm³/mol.